The molecular formula is C21H25ClN6O3. The van der Waals surface area contributed by atoms with Gasteiger partial charge in [-0.2, -0.15) is 5.10 Å². The summed E-state index contributed by atoms with van der Waals surface area (Å²) in [7, 11) is 0. The van der Waals surface area contributed by atoms with Gasteiger partial charge in [0.1, 0.15) is 5.82 Å². The quantitative estimate of drug-likeness (QED) is 0.655. The molecule has 3 atom stereocenters. The van der Waals surface area contributed by atoms with Crippen molar-refractivity contribution in [2.45, 2.75) is 45.4 Å². The average molecular weight is 445 g/mol. The highest BCUT2D eigenvalue weighted by Crippen LogP contribution is 2.27. The van der Waals surface area contributed by atoms with E-state index in [4.69, 9.17) is 11.6 Å². The molecular weight excluding hydrogens is 420 g/mol. The smallest absolute Gasteiger partial charge is 0.230 e. The van der Waals surface area contributed by atoms with Crippen LogP contribution in [0.3, 0.4) is 0 Å². The number of benzene rings is 1. The van der Waals surface area contributed by atoms with Gasteiger partial charge in [0.05, 0.1) is 11.6 Å². The Balaban J connectivity index is 1.47. The molecule has 1 aromatic heterocycles. The molecule has 2 saturated heterocycles. The standard InChI is InChI=1S/C21H25ClN6O3/c1-3-15-10-18(29)25-21(23-15)28-17(8-12(2)26-28)24-20(31)13-9-19(30)27(11-13)16-6-4-14(22)5-7-16/h4-8,13,15,21,23H,3,9-11H2,1-2H3,(H,24,31)(H,25,29). The van der Waals surface area contributed by atoms with Crippen molar-refractivity contribution >= 4 is 40.8 Å². The van der Waals surface area contributed by atoms with Gasteiger partial charge in [-0.25, -0.2) is 4.68 Å². The highest BCUT2D eigenvalue weighted by Gasteiger charge is 2.36. The largest absolute Gasteiger partial charge is 0.322 e. The van der Waals surface area contributed by atoms with Gasteiger partial charge in [0.15, 0.2) is 6.29 Å². The minimum atomic E-state index is -0.550. The molecule has 0 bridgehead atoms. The lowest BCUT2D eigenvalue weighted by Crippen LogP contribution is -2.53. The molecule has 31 heavy (non-hydrogen) atoms. The summed E-state index contributed by atoms with van der Waals surface area (Å²) in [6.45, 7) is 4.11. The lowest BCUT2D eigenvalue weighted by Gasteiger charge is -2.32. The Morgan fingerprint density at radius 1 is 1.26 bits per heavy atom. The molecule has 0 saturated carbocycles. The Labute approximate surface area is 185 Å². The lowest BCUT2D eigenvalue weighted by atomic mass is 10.1. The lowest BCUT2D eigenvalue weighted by molar-refractivity contribution is -0.125. The van der Waals surface area contributed by atoms with Crippen molar-refractivity contribution in [1.82, 2.24) is 20.4 Å². The van der Waals surface area contributed by atoms with E-state index in [2.05, 4.69) is 21.0 Å². The molecule has 3 unspecified atom stereocenters. The number of aromatic nitrogens is 2. The Kier molecular flexibility index (Phi) is 5.97. The van der Waals surface area contributed by atoms with Crippen LogP contribution in [0.1, 0.15) is 38.2 Å². The normalized spacial score (nSPS) is 23.7. The van der Waals surface area contributed by atoms with Crippen LogP contribution in [-0.4, -0.2) is 40.1 Å². The second-order valence-electron chi connectivity index (χ2n) is 7.93. The fourth-order valence-electron chi connectivity index (χ4n) is 3.94. The summed E-state index contributed by atoms with van der Waals surface area (Å²) in [6, 6.07) is 8.74. The minimum absolute atomic E-state index is 0.0344. The van der Waals surface area contributed by atoms with Crippen LogP contribution in [0.25, 0.3) is 0 Å². The van der Waals surface area contributed by atoms with Crippen LogP contribution in [-0.2, 0) is 14.4 Å². The third-order valence-corrected chi connectivity index (χ3v) is 5.86. The van der Waals surface area contributed by atoms with Crippen LogP contribution in [0.4, 0.5) is 11.5 Å². The molecule has 2 fully saturated rings. The van der Waals surface area contributed by atoms with Crippen molar-refractivity contribution in [2.75, 3.05) is 16.8 Å². The Morgan fingerprint density at radius 3 is 2.71 bits per heavy atom. The van der Waals surface area contributed by atoms with E-state index in [1.807, 2.05) is 13.8 Å². The number of hydrogen-bond acceptors (Lipinski definition) is 5. The van der Waals surface area contributed by atoms with Gasteiger partial charge in [0.25, 0.3) is 0 Å². The maximum Gasteiger partial charge on any atom is 0.230 e. The molecule has 2 aliphatic rings. The van der Waals surface area contributed by atoms with E-state index in [1.165, 1.54) is 0 Å². The van der Waals surface area contributed by atoms with E-state index >= 15 is 0 Å². The van der Waals surface area contributed by atoms with Crippen molar-refractivity contribution in [3.05, 3.63) is 41.0 Å². The first-order chi connectivity index (χ1) is 14.8. The van der Waals surface area contributed by atoms with E-state index in [9.17, 15) is 14.4 Å². The molecule has 2 aliphatic heterocycles. The van der Waals surface area contributed by atoms with Gasteiger partial charge in [-0.15, -0.1) is 0 Å². The summed E-state index contributed by atoms with van der Waals surface area (Å²) in [5, 5.41) is 14.1. The molecule has 3 N–H and O–H groups in total. The maximum absolute atomic E-state index is 13.0. The molecule has 1 aromatic carbocycles. The van der Waals surface area contributed by atoms with E-state index < -0.39 is 12.2 Å². The van der Waals surface area contributed by atoms with E-state index in [0.29, 0.717) is 28.6 Å². The first-order valence-corrected chi connectivity index (χ1v) is 10.7. The molecule has 10 heteroatoms. The maximum atomic E-state index is 13.0. The molecule has 164 valence electrons. The number of anilines is 2. The number of rotatable bonds is 5. The predicted octanol–water partition coefficient (Wildman–Crippen LogP) is 2.18. The Hall–Kier alpha value is -2.91. The van der Waals surface area contributed by atoms with E-state index in [-0.39, 0.29) is 36.7 Å². The predicted molar refractivity (Wildman–Crippen MR) is 117 cm³/mol. The van der Waals surface area contributed by atoms with Crippen LogP contribution >= 0.6 is 11.6 Å². The van der Waals surface area contributed by atoms with E-state index in [1.54, 1.807) is 39.9 Å². The monoisotopic (exact) mass is 444 g/mol. The van der Waals surface area contributed by atoms with Gasteiger partial charge >= 0.3 is 0 Å². The van der Waals surface area contributed by atoms with Gasteiger partial charge < -0.3 is 15.5 Å². The van der Waals surface area contributed by atoms with Crippen molar-refractivity contribution < 1.29 is 14.4 Å². The number of amides is 3. The summed E-state index contributed by atoms with van der Waals surface area (Å²) in [4.78, 5) is 39.1. The fraction of sp³-hybridized carbons (Fsp3) is 0.429. The number of nitrogens with one attached hydrogen (secondary N) is 3. The number of carbonyl (C=O) groups excluding carboxylic acids is 3. The first kappa shape index (κ1) is 21.3. The molecule has 3 heterocycles. The highest BCUT2D eigenvalue weighted by molar-refractivity contribution is 6.30. The molecule has 4 rings (SSSR count). The average Bonchev–Trinajstić information content (AvgIpc) is 3.30. The fourth-order valence-corrected chi connectivity index (χ4v) is 4.07. The molecule has 0 radical (unpaired) electrons. The van der Waals surface area contributed by atoms with E-state index in [0.717, 1.165) is 6.42 Å². The SMILES string of the molecule is CCC1CC(=O)NC(n2nc(C)cc2NC(=O)C2CC(=O)N(c3ccc(Cl)cc3)C2)N1. The topological polar surface area (TPSA) is 108 Å². The third kappa shape index (κ3) is 4.57. The summed E-state index contributed by atoms with van der Waals surface area (Å²) in [5.74, 6) is -0.473. The van der Waals surface area contributed by atoms with Crippen molar-refractivity contribution in [2.24, 2.45) is 5.92 Å². The second kappa shape index (κ2) is 8.68. The summed E-state index contributed by atoms with van der Waals surface area (Å²) < 4.78 is 1.57. The summed E-state index contributed by atoms with van der Waals surface area (Å²) in [6.07, 6.45) is 0.778. The van der Waals surface area contributed by atoms with Crippen molar-refractivity contribution in [1.29, 1.82) is 0 Å². The molecule has 9 nitrogen and oxygen atoms in total. The van der Waals surface area contributed by atoms with Gasteiger partial charge in [0.2, 0.25) is 17.7 Å². The van der Waals surface area contributed by atoms with Crippen LogP contribution in [0.5, 0.6) is 0 Å². The Bertz CT molecular complexity index is 1010. The molecule has 0 spiro atoms. The number of halogens is 1. The summed E-state index contributed by atoms with van der Waals surface area (Å²) in [5.41, 5.74) is 1.42. The van der Waals surface area contributed by atoms with Gasteiger partial charge in [-0.3, -0.25) is 19.7 Å². The van der Waals surface area contributed by atoms with Gasteiger partial charge in [-0.1, -0.05) is 18.5 Å². The number of hydrogen-bond donors (Lipinski definition) is 3. The van der Waals surface area contributed by atoms with Crippen LogP contribution in [0.2, 0.25) is 5.02 Å². The zero-order chi connectivity index (χ0) is 22.1. The molecule has 2 aromatic rings. The van der Waals surface area contributed by atoms with Gasteiger partial charge in [0, 0.05) is 42.2 Å². The first-order valence-electron chi connectivity index (χ1n) is 10.3. The van der Waals surface area contributed by atoms with Crippen molar-refractivity contribution in [3.63, 3.8) is 0 Å². The highest BCUT2D eigenvalue weighted by atomic mass is 35.5. The zero-order valence-electron chi connectivity index (χ0n) is 17.4. The number of aryl methyl sites for hydroxylation is 1. The van der Waals surface area contributed by atoms with Crippen molar-refractivity contribution in [3.8, 4) is 0 Å². The minimum Gasteiger partial charge on any atom is -0.322 e. The summed E-state index contributed by atoms with van der Waals surface area (Å²) >= 11 is 5.93. The zero-order valence-corrected chi connectivity index (χ0v) is 18.1. The third-order valence-electron chi connectivity index (χ3n) is 5.60. The number of nitrogens with zero attached hydrogens (tertiary/aromatic N) is 3. The number of carbonyl (C=O) groups is 3. The second-order valence-corrected chi connectivity index (χ2v) is 8.37. The molecule has 0 aliphatic carbocycles. The van der Waals surface area contributed by atoms with Crippen LogP contribution in [0, 0.1) is 12.8 Å². The van der Waals surface area contributed by atoms with Crippen LogP contribution < -0.4 is 20.9 Å². The van der Waals surface area contributed by atoms with Gasteiger partial charge in [-0.05, 0) is 37.6 Å². The molecule has 3 amide bonds. The van der Waals surface area contributed by atoms with Crippen LogP contribution in [0.15, 0.2) is 30.3 Å². The Morgan fingerprint density at radius 2 is 2.00 bits per heavy atom.